The fourth-order valence-corrected chi connectivity index (χ4v) is 1.82. The Bertz CT molecular complexity index is 691. The molecule has 0 unspecified atom stereocenters. The van der Waals surface area contributed by atoms with Crippen LogP contribution in [0.25, 0.3) is 10.9 Å². The van der Waals surface area contributed by atoms with Gasteiger partial charge < -0.3 is 10.7 Å². The molecule has 1 aromatic carbocycles. The molecule has 6 nitrogen and oxygen atoms in total. The number of ketones is 1. The number of nitrogens with one attached hydrogen (secondary N) is 2. The van der Waals surface area contributed by atoms with Crippen molar-refractivity contribution in [1.82, 2.24) is 10.3 Å². The van der Waals surface area contributed by atoms with Gasteiger partial charge in [0, 0.05) is 23.5 Å². The van der Waals surface area contributed by atoms with Gasteiger partial charge in [-0.2, -0.15) is 0 Å². The summed E-state index contributed by atoms with van der Waals surface area (Å²) in [6, 6.07) is 6.92. The number of rotatable bonds is 2. The molecular formula is C13H15ClN4O2. The van der Waals surface area contributed by atoms with E-state index in [1.807, 2.05) is 0 Å². The van der Waals surface area contributed by atoms with Gasteiger partial charge in [-0.05, 0) is 19.1 Å². The number of amides is 1. The minimum Gasteiger partial charge on any atom is -0.370 e. The molecule has 0 saturated carbocycles. The zero-order valence-corrected chi connectivity index (χ0v) is 11.9. The number of hydrogen-bond donors (Lipinski definition) is 3. The molecule has 0 bridgehead atoms. The van der Waals surface area contributed by atoms with E-state index in [1.165, 1.54) is 14.0 Å². The lowest BCUT2D eigenvalue weighted by Gasteiger charge is -2.00. The van der Waals surface area contributed by atoms with Gasteiger partial charge in [0.15, 0.2) is 11.7 Å². The third-order valence-corrected chi connectivity index (χ3v) is 2.77. The van der Waals surface area contributed by atoms with Crippen molar-refractivity contribution in [3.63, 3.8) is 0 Å². The second-order valence-corrected chi connectivity index (χ2v) is 4.07. The molecule has 0 aliphatic carbocycles. The second-order valence-electron chi connectivity index (χ2n) is 4.07. The van der Waals surface area contributed by atoms with Gasteiger partial charge in [-0.25, -0.2) is 0 Å². The number of H-pyrrole nitrogens is 1. The zero-order valence-electron chi connectivity index (χ0n) is 11.1. The average Bonchev–Trinajstić information content (AvgIpc) is 2.81. The van der Waals surface area contributed by atoms with Gasteiger partial charge in [-0.15, -0.1) is 12.4 Å². The summed E-state index contributed by atoms with van der Waals surface area (Å²) < 4.78 is 0. The Morgan fingerprint density at radius 1 is 1.35 bits per heavy atom. The van der Waals surface area contributed by atoms with Crippen molar-refractivity contribution in [2.75, 3.05) is 7.05 Å². The molecule has 0 aliphatic heterocycles. The summed E-state index contributed by atoms with van der Waals surface area (Å²) in [6.07, 6.45) is 0. The molecule has 20 heavy (non-hydrogen) atoms. The number of nitrogens with two attached hydrogens (primary N) is 1. The van der Waals surface area contributed by atoms with Crippen molar-refractivity contribution < 1.29 is 9.59 Å². The van der Waals surface area contributed by atoms with Crippen LogP contribution in [-0.2, 0) is 0 Å². The van der Waals surface area contributed by atoms with E-state index in [1.54, 1.807) is 24.3 Å². The van der Waals surface area contributed by atoms with Crippen LogP contribution in [0.15, 0.2) is 29.3 Å². The Labute approximate surface area is 121 Å². The third kappa shape index (κ3) is 2.97. The van der Waals surface area contributed by atoms with Crippen LogP contribution in [0.3, 0.4) is 0 Å². The maximum absolute atomic E-state index is 11.9. The van der Waals surface area contributed by atoms with Crippen molar-refractivity contribution in [3.8, 4) is 0 Å². The lowest BCUT2D eigenvalue weighted by atomic mass is 10.1. The Kier molecular flexibility index (Phi) is 4.88. The standard InChI is InChI=1S/C13H14N4O2.ClH/c1-7(18)8-4-3-5-10-9(8)6-11(16-10)12(19)17-13(14)15-2;/h3-6,16H,1-2H3,(H3,14,15,17,19);1H. The van der Waals surface area contributed by atoms with Gasteiger partial charge in [-0.1, -0.05) is 12.1 Å². The molecule has 0 atom stereocenters. The highest BCUT2D eigenvalue weighted by atomic mass is 35.5. The van der Waals surface area contributed by atoms with Gasteiger partial charge in [0.2, 0.25) is 0 Å². The molecule has 2 aromatic rings. The summed E-state index contributed by atoms with van der Waals surface area (Å²) in [4.78, 5) is 30.0. The minimum absolute atomic E-state index is 0. The monoisotopic (exact) mass is 294 g/mol. The van der Waals surface area contributed by atoms with Gasteiger partial charge >= 0.3 is 0 Å². The van der Waals surface area contributed by atoms with Gasteiger partial charge in [0.05, 0.1) is 0 Å². The first-order chi connectivity index (χ1) is 9.02. The lowest BCUT2D eigenvalue weighted by Crippen LogP contribution is -2.36. The van der Waals surface area contributed by atoms with E-state index < -0.39 is 5.91 Å². The highest BCUT2D eigenvalue weighted by molar-refractivity contribution is 6.11. The molecule has 0 radical (unpaired) electrons. The number of Topliss-reactive ketones (excluding diaryl/α,β-unsaturated/α-hetero) is 1. The molecule has 0 fully saturated rings. The highest BCUT2D eigenvalue weighted by Crippen LogP contribution is 2.20. The molecule has 4 N–H and O–H groups in total. The minimum atomic E-state index is -0.395. The smallest absolute Gasteiger partial charge is 0.274 e. The summed E-state index contributed by atoms with van der Waals surface area (Å²) in [7, 11) is 1.48. The van der Waals surface area contributed by atoms with E-state index in [0.717, 1.165) is 5.52 Å². The summed E-state index contributed by atoms with van der Waals surface area (Å²) in [5, 5.41) is 3.14. The molecule has 2 rings (SSSR count). The summed E-state index contributed by atoms with van der Waals surface area (Å²) in [6.45, 7) is 1.49. The zero-order chi connectivity index (χ0) is 14.0. The summed E-state index contributed by atoms with van der Waals surface area (Å²) in [5.41, 5.74) is 7.06. The van der Waals surface area contributed by atoms with Crippen LogP contribution in [0.5, 0.6) is 0 Å². The number of fused-ring (bicyclic) bond motifs is 1. The van der Waals surface area contributed by atoms with E-state index in [0.29, 0.717) is 16.6 Å². The number of nitrogens with zero attached hydrogens (tertiary/aromatic N) is 1. The Hall–Kier alpha value is -2.34. The second kappa shape index (κ2) is 6.21. The van der Waals surface area contributed by atoms with Crippen LogP contribution < -0.4 is 11.1 Å². The van der Waals surface area contributed by atoms with Crippen LogP contribution in [0, 0.1) is 0 Å². The number of halogens is 1. The molecule has 0 aliphatic rings. The number of carbonyl (C=O) groups excluding carboxylic acids is 2. The summed E-state index contributed by atoms with van der Waals surface area (Å²) in [5.74, 6) is -0.407. The van der Waals surface area contributed by atoms with Crippen molar-refractivity contribution in [1.29, 1.82) is 0 Å². The van der Waals surface area contributed by atoms with Crippen molar-refractivity contribution in [2.45, 2.75) is 6.92 Å². The van der Waals surface area contributed by atoms with Crippen molar-refractivity contribution in [3.05, 3.63) is 35.5 Å². The molecule has 7 heteroatoms. The lowest BCUT2D eigenvalue weighted by molar-refractivity contribution is 0.0970. The fourth-order valence-electron chi connectivity index (χ4n) is 1.82. The first kappa shape index (κ1) is 15.7. The number of benzene rings is 1. The normalized spacial score (nSPS) is 11.0. The quantitative estimate of drug-likeness (QED) is 0.444. The maximum Gasteiger partial charge on any atom is 0.274 e. The molecule has 1 amide bonds. The number of aliphatic imine (C=N–C) groups is 1. The molecule has 0 spiro atoms. The highest BCUT2D eigenvalue weighted by Gasteiger charge is 2.13. The first-order valence-corrected chi connectivity index (χ1v) is 5.69. The van der Waals surface area contributed by atoms with Gasteiger partial charge in [0.25, 0.3) is 5.91 Å². The van der Waals surface area contributed by atoms with E-state index in [-0.39, 0.29) is 24.1 Å². The topological polar surface area (TPSA) is 100 Å². The van der Waals surface area contributed by atoms with E-state index >= 15 is 0 Å². The van der Waals surface area contributed by atoms with Crippen LogP contribution in [0.4, 0.5) is 0 Å². The van der Waals surface area contributed by atoms with E-state index in [2.05, 4.69) is 15.3 Å². The summed E-state index contributed by atoms with van der Waals surface area (Å²) >= 11 is 0. The Morgan fingerprint density at radius 3 is 2.65 bits per heavy atom. The van der Waals surface area contributed by atoms with E-state index in [4.69, 9.17) is 5.73 Å². The number of aromatic amines is 1. The SMILES string of the molecule is CN=C(N)NC(=O)c1cc2c(C(C)=O)cccc2[nH]1.Cl. The number of hydrogen-bond acceptors (Lipinski definition) is 3. The molecule has 106 valence electrons. The van der Waals surface area contributed by atoms with Crippen molar-refractivity contribution in [2.24, 2.45) is 10.7 Å². The number of guanidine groups is 1. The first-order valence-electron chi connectivity index (χ1n) is 5.69. The van der Waals surface area contributed by atoms with Crippen LogP contribution in [0.1, 0.15) is 27.8 Å². The molecule has 1 heterocycles. The van der Waals surface area contributed by atoms with Crippen LogP contribution >= 0.6 is 12.4 Å². The predicted octanol–water partition coefficient (Wildman–Crippen LogP) is 1.47. The average molecular weight is 295 g/mol. The molecule has 1 aromatic heterocycles. The van der Waals surface area contributed by atoms with Crippen LogP contribution in [-0.4, -0.2) is 29.7 Å². The van der Waals surface area contributed by atoms with Crippen LogP contribution in [0.2, 0.25) is 0 Å². The molecule has 0 saturated heterocycles. The molecular weight excluding hydrogens is 280 g/mol. The van der Waals surface area contributed by atoms with Gasteiger partial charge in [0.1, 0.15) is 5.69 Å². The largest absolute Gasteiger partial charge is 0.370 e. The number of carbonyl (C=O) groups is 2. The Morgan fingerprint density at radius 2 is 2.05 bits per heavy atom. The maximum atomic E-state index is 11.9. The Balaban J connectivity index is 0.00000200. The van der Waals surface area contributed by atoms with Crippen molar-refractivity contribution >= 4 is 41.0 Å². The number of aromatic nitrogens is 1. The van der Waals surface area contributed by atoms with E-state index in [9.17, 15) is 9.59 Å². The third-order valence-electron chi connectivity index (χ3n) is 2.77. The van der Waals surface area contributed by atoms with Gasteiger partial charge in [-0.3, -0.25) is 19.9 Å². The predicted molar refractivity (Wildman–Crippen MR) is 80.6 cm³/mol. The fraction of sp³-hybridized carbons (Fsp3) is 0.154.